The van der Waals surface area contributed by atoms with E-state index in [9.17, 15) is 9.59 Å². The number of ether oxygens (including phenoxy) is 3. The van der Waals surface area contributed by atoms with Crippen LogP contribution in [0.5, 0.6) is 10.9 Å². The van der Waals surface area contributed by atoms with Crippen molar-refractivity contribution in [1.29, 1.82) is 0 Å². The van der Waals surface area contributed by atoms with E-state index in [0.29, 0.717) is 23.6 Å². The molecule has 0 spiro atoms. The summed E-state index contributed by atoms with van der Waals surface area (Å²) in [5, 5.41) is 3.63. The quantitative estimate of drug-likeness (QED) is 0.250. The molecule has 2 aromatic carbocycles. The Morgan fingerprint density at radius 3 is 2.33 bits per heavy atom. The molecule has 5 rings (SSSR count). The SMILES string of the molecule is COc1ncc(-c2cccc(N(C[C@H]3CC[C@H](c4ccc(OC)c(C)c4)CC3)C(=O)[C@H]3CC[C@H](NC(=O)OC(C)(C)C)CC3)c2)s1. The fraction of sp³-hybridized carbons (Fsp3) is 0.541. The van der Waals surface area contributed by atoms with Crippen LogP contribution in [0.25, 0.3) is 10.4 Å². The molecular formula is C37H49N3O5S. The van der Waals surface area contributed by atoms with Crippen molar-refractivity contribution in [2.75, 3.05) is 25.7 Å². The minimum Gasteiger partial charge on any atom is -0.496 e. The van der Waals surface area contributed by atoms with Crippen molar-refractivity contribution in [2.24, 2.45) is 11.8 Å². The molecule has 0 saturated heterocycles. The number of hydrogen-bond donors (Lipinski definition) is 1. The molecule has 0 aliphatic heterocycles. The first-order valence-corrected chi connectivity index (χ1v) is 17.4. The van der Waals surface area contributed by atoms with Gasteiger partial charge >= 0.3 is 6.09 Å². The van der Waals surface area contributed by atoms with E-state index >= 15 is 0 Å². The number of alkyl carbamates (subject to hydrolysis) is 1. The first-order chi connectivity index (χ1) is 22.0. The Morgan fingerprint density at radius 1 is 0.957 bits per heavy atom. The molecule has 9 heteroatoms. The third-order valence-corrected chi connectivity index (χ3v) is 10.4. The molecular weight excluding hydrogens is 598 g/mol. The van der Waals surface area contributed by atoms with Gasteiger partial charge in [0.05, 0.1) is 19.1 Å². The largest absolute Gasteiger partial charge is 0.496 e. The van der Waals surface area contributed by atoms with Crippen LogP contribution in [0.2, 0.25) is 0 Å². The summed E-state index contributed by atoms with van der Waals surface area (Å²) in [6, 6.07) is 14.9. The molecule has 0 atom stereocenters. The summed E-state index contributed by atoms with van der Waals surface area (Å²) in [6.07, 6.45) is 8.83. The lowest BCUT2D eigenvalue weighted by atomic mass is 9.78. The third kappa shape index (κ3) is 8.60. The summed E-state index contributed by atoms with van der Waals surface area (Å²) in [7, 11) is 3.35. The van der Waals surface area contributed by atoms with Gasteiger partial charge in [-0.1, -0.05) is 35.6 Å². The topological polar surface area (TPSA) is 90.0 Å². The van der Waals surface area contributed by atoms with E-state index in [1.54, 1.807) is 14.2 Å². The smallest absolute Gasteiger partial charge is 0.407 e. The maximum atomic E-state index is 14.3. The molecule has 1 aromatic heterocycles. The normalized spacial score (nSPS) is 21.7. The first-order valence-electron chi connectivity index (χ1n) is 16.6. The van der Waals surface area contributed by atoms with E-state index in [0.717, 1.165) is 73.2 Å². The maximum absolute atomic E-state index is 14.3. The average Bonchev–Trinajstić information content (AvgIpc) is 3.53. The molecule has 1 heterocycles. The van der Waals surface area contributed by atoms with Crippen molar-refractivity contribution in [2.45, 2.75) is 96.6 Å². The molecule has 248 valence electrons. The number of thiazole rings is 1. The second-order valence-electron chi connectivity index (χ2n) is 13.8. The first kappa shape index (κ1) is 33.8. The number of hydrogen-bond acceptors (Lipinski definition) is 7. The highest BCUT2D eigenvalue weighted by atomic mass is 32.1. The summed E-state index contributed by atoms with van der Waals surface area (Å²) in [4.78, 5) is 34.1. The summed E-state index contributed by atoms with van der Waals surface area (Å²) in [6.45, 7) is 8.41. The van der Waals surface area contributed by atoms with Gasteiger partial charge < -0.3 is 24.4 Å². The number of carbonyl (C=O) groups excluding carboxylic acids is 2. The number of rotatable bonds is 9. The van der Waals surface area contributed by atoms with Gasteiger partial charge in [-0.05, 0) is 126 Å². The van der Waals surface area contributed by atoms with E-state index in [1.165, 1.54) is 22.5 Å². The number of amides is 2. The van der Waals surface area contributed by atoms with Crippen LogP contribution in [0.4, 0.5) is 10.5 Å². The van der Waals surface area contributed by atoms with Gasteiger partial charge in [0, 0.05) is 30.4 Å². The standard InChI is InChI=1S/C37H49N3O5S/c1-24-20-28(16-19-32(24)43-5)26-12-10-25(11-13-26)23-40(31-9-7-8-29(21-31)33-22-38-36(44-6)46-33)34(41)27-14-17-30(18-15-27)39-35(42)45-37(2,3)4/h7-9,16,19-22,25-27,30H,10-15,17-18,23H2,1-6H3,(H,39,42)/t25-,26-,27-,30-. The number of nitrogens with zero attached hydrogens (tertiary/aromatic N) is 2. The predicted molar refractivity (Wildman–Crippen MR) is 184 cm³/mol. The number of aryl methyl sites for hydroxylation is 1. The maximum Gasteiger partial charge on any atom is 0.407 e. The second kappa shape index (κ2) is 14.9. The van der Waals surface area contributed by atoms with Gasteiger partial charge in [0.15, 0.2) is 0 Å². The van der Waals surface area contributed by atoms with E-state index < -0.39 is 5.60 Å². The van der Waals surface area contributed by atoms with Crippen LogP contribution in [0.1, 0.15) is 89.2 Å². The minimum absolute atomic E-state index is 0.0221. The zero-order chi connectivity index (χ0) is 32.8. The Bertz CT molecular complexity index is 1480. The Hall–Kier alpha value is -3.59. The summed E-state index contributed by atoms with van der Waals surface area (Å²) < 4.78 is 16.3. The van der Waals surface area contributed by atoms with Gasteiger partial charge in [0.1, 0.15) is 11.4 Å². The Kier molecular flexibility index (Phi) is 10.9. The third-order valence-electron chi connectivity index (χ3n) is 9.34. The van der Waals surface area contributed by atoms with Crippen molar-refractivity contribution in [3.8, 4) is 21.4 Å². The average molecular weight is 648 g/mol. The summed E-state index contributed by atoms with van der Waals surface area (Å²) in [5.74, 6) is 1.99. The second-order valence-corrected chi connectivity index (χ2v) is 14.8. The van der Waals surface area contributed by atoms with Crippen LogP contribution in [-0.2, 0) is 9.53 Å². The Labute approximate surface area is 277 Å². The van der Waals surface area contributed by atoms with Crippen LogP contribution >= 0.6 is 11.3 Å². The summed E-state index contributed by atoms with van der Waals surface area (Å²) >= 11 is 1.50. The molecule has 2 saturated carbocycles. The fourth-order valence-corrected chi connectivity index (χ4v) is 7.63. The molecule has 1 N–H and O–H groups in total. The van der Waals surface area contributed by atoms with Crippen LogP contribution in [0.15, 0.2) is 48.7 Å². The van der Waals surface area contributed by atoms with Crippen molar-refractivity contribution >= 4 is 29.0 Å². The molecule has 3 aromatic rings. The lowest BCUT2D eigenvalue weighted by Crippen LogP contribution is -2.45. The minimum atomic E-state index is -0.538. The van der Waals surface area contributed by atoms with E-state index in [4.69, 9.17) is 14.2 Å². The van der Waals surface area contributed by atoms with Crippen LogP contribution < -0.4 is 19.7 Å². The molecule has 0 radical (unpaired) electrons. The highest BCUT2D eigenvalue weighted by molar-refractivity contribution is 7.16. The van der Waals surface area contributed by atoms with Crippen molar-refractivity contribution < 1.29 is 23.8 Å². The van der Waals surface area contributed by atoms with Gasteiger partial charge in [0.2, 0.25) is 5.91 Å². The molecule has 2 aliphatic carbocycles. The molecule has 0 unspecified atom stereocenters. The molecule has 2 fully saturated rings. The van der Waals surface area contributed by atoms with E-state index in [-0.39, 0.29) is 24.0 Å². The zero-order valence-corrected chi connectivity index (χ0v) is 29.0. The lowest BCUT2D eigenvalue weighted by Gasteiger charge is -2.36. The molecule has 46 heavy (non-hydrogen) atoms. The van der Waals surface area contributed by atoms with Gasteiger partial charge in [-0.2, -0.15) is 0 Å². The molecule has 2 aliphatic rings. The number of nitrogens with one attached hydrogen (secondary N) is 1. The number of anilines is 1. The highest BCUT2D eigenvalue weighted by Crippen LogP contribution is 2.39. The Balaban J connectivity index is 1.29. The van der Waals surface area contributed by atoms with Crippen LogP contribution in [0, 0.1) is 18.8 Å². The summed E-state index contributed by atoms with van der Waals surface area (Å²) in [5.41, 5.74) is 3.97. The molecule has 8 nitrogen and oxygen atoms in total. The van der Waals surface area contributed by atoms with Crippen molar-refractivity contribution in [3.63, 3.8) is 0 Å². The lowest BCUT2D eigenvalue weighted by molar-refractivity contribution is -0.123. The number of benzene rings is 2. The van der Waals surface area contributed by atoms with Gasteiger partial charge in [0.25, 0.3) is 5.19 Å². The Morgan fingerprint density at radius 2 is 1.70 bits per heavy atom. The number of aromatic nitrogens is 1. The molecule has 0 bridgehead atoms. The van der Waals surface area contributed by atoms with Gasteiger partial charge in [-0.25, -0.2) is 9.78 Å². The monoisotopic (exact) mass is 647 g/mol. The zero-order valence-electron chi connectivity index (χ0n) is 28.1. The fourth-order valence-electron chi connectivity index (χ4n) is 6.91. The predicted octanol–water partition coefficient (Wildman–Crippen LogP) is 8.53. The number of carbonyl (C=O) groups is 2. The van der Waals surface area contributed by atoms with Gasteiger partial charge in [-0.3, -0.25) is 4.79 Å². The van der Waals surface area contributed by atoms with Crippen molar-refractivity contribution in [1.82, 2.24) is 10.3 Å². The van der Waals surface area contributed by atoms with Crippen LogP contribution in [-0.4, -0.2) is 49.4 Å². The molecule has 2 amide bonds. The van der Waals surface area contributed by atoms with Gasteiger partial charge in [-0.15, -0.1) is 0 Å². The van der Waals surface area contributed by atoms with Crippen molar-refractivity contribution in [3.05, 3.63) is 59.8 Å². The number of methoxy groups -OCH3 is 2. The van der Waals surface area contributed by atoms with E-state index in [1.807, 2.05) is 33.0 Å². The van der Waals surface area contributed by atoms with Crippen LogP contribution in [0.3, 0.4) is 0 Å². The van der Waals surface area contributed by atoms with E-state index in [2.05, 4.69) is 58.5 Å². The highest BCUT2D eigenvalue weighted by Gasteiger charge is 2.34.